The van der Waals surface area contributed by atoms with Gasteiger partial charge in [-0.1, -0.05) is 35.8 Å². The topological polar surface area (TPSA) is 63.0 Å². The Kier molecular flexibility index (Phi) is 5.59. The maximum atomic E-state index is 5.89. The van der Waals surface area contributed by atoms with Crippen LogP contribution in [0.3, 0.4) is 0 Å². The smallest absolute Gasteiger partial charge is 0.315 e. The van der Waals surface area contributed by atoms with E-state index in [1.807, 2.05) is 38.1 Å². The number of hydrogen-bond donors (Lipinski definition) is 2. The van der Waals surface area contributed by atoms with Crippen molar-refractivity contribution in [3.05, 3.63) is 40.7 Å². The largest absolute Gasteiger partial charge is 0.406 e. The first-order valence-corrected chi connectivity index (χ1v) is 7.56. The first-order chi connectivity index (χ1) is 10.1. The van der Waals surface area contributed by atoms with Gasteiger partial charge in [0.25, 0.3) is 0 Å². The molecule has 2 aromatic rings. The number of anilines is 1. The molecule has 21 heavy (non-hydrogen) atoms. The molecule has 2 rings (SSSR count). The molecular formula is C15H21ClN4O. The Hall–Kier alpha value is -1.59. The molecule has 0 saturated heterocycles. The van der Waals surface area contributed by atoms with Crippen molar-refractivity contribution in [2.75, 3.05) is 11.9 Å². The van der Waals surface area contributed by atoms with Crippen LogP contribution in [-0.4, -0.2) is 16.7 Å². The van der Waals surface area contributed by atoms with E-state index < -0.39 is 0 Å². The Morgan fingerprint density at radius 3 is 2.52 bits per heavy atom. The van der Waals surface area contributed by atoms with Crippen LogP contribution in [0.2, 0.25) is 5.02 Å². The van der Waals surface area contributed by atoms with Crippen molar-refractivity contribution in [2.24, 2.45) is 0 Å². The summed E-state index contributed by atoms with van der Waals surface area (Å²) in [4.78, 5) is 0. The highest BCUT2D eigenvalue weighted by Gasteiger charge is 2.15. The molecule has 0 aliphatic rings. The zero-order chi connectivity index (χ0) is 15.2. The average Bonchev–Trinajstić information content (AvgIpc) is 2.94. The highest BCUT2D eigenvalue weighted by molar-refractivity contribution is 6.30. The second-order valence-corrected chi connectivity index (χ2v) is 5.48. The number of aromatic nitrogens is 2. The first kappa shape index (κ1) is 15.8. The van der Waals surface area contributed by atoms with E-state index in [2.05, 4.69) is 27.8 Å². The van der Waals surface area contributed by atoms with Crippen LogP contribution in [0.25, 0.3) is 0 Å². The van der Waals surface area contributed by atoms with E-state index in [4.69, 9.17) is 16.0 Å². The lowest BCUT2D eigenvalue weighted by Gasteiger charge is -2.12. The molecular weight excluding hydrogens is 288 g/mol. The van der Waals surface area contributed by atoms with Crippen LogP contribution in [0.5, 0.6) is 0 Å². The fourth-order valence-corrected chi connectivity index (χ4v) is 2.06. The van der Waals surface area contributed by atoms with Gasteiger partial charge in [-0.3, -0.25) is 0 Å². The molecule has 0 radical (unpaired) electrons. The Morgan fingerprint density at radius 2 is 1.86 bits per heavy atom. The zero-order valence-corrected chi connectivity index (χ0v) is 13.3. The summed E-state index contributed by atoms with van der Waals surface area (Å²) in [7, 11) is 0. The molecule has 2 N–H and O–H groups in total. The van der Waals surface area contributed by atoms with Crippen LogP contribution in [0.1, 0.15) is 50.7 Å². The second-order valence-electron chi connectivity index (χ2n) is 5.04. The molecule has 1 heterocycles. The minimum atomic E-state index is 0.0545. The summed E-state index contributed by atoms with van der Waals surface area (Å²) in [6, 6.07) is 8.23. The Balaban J connectivity index is 1.97. The van der Waals surface area contributed by atoms with E-state index in [-0.39, 0.29) is 12.1 Å². The minimum absolute atomic E-state index is 0.0545. The van der Waals surface area contributed by atoms with E-state index >= 15 is 0 Å². The van der Waals surface area contributed by atoms with E-state index in [1.54, 1.807) is 0 Å². The number of rotatable bonds is 7. The Bertz CT molecular complexity index is 555. The molecule has 114 valence electrons. The Morgan fingerprint density at radius 1 is 1.14 bits per heavy atom. The molecule has 0 spiro atoms. The summed E-state index contributed by atoms with van der Waals surface area (Å²) in [5.74, 6) is 0.592. The molecule has 6 heteroatoms. The number of benzene rings is 1. The average molecular weight is 309 g/mol. The van der Waals surface area contributed by atoms with Crippen LogP contribution < -0.4 is 10.6 Å². The van der Waals surface area contributed by atoms with Crippen molar-refractivity contribution in [1.29, 1.82) is 0 Å². The number of hydrogen-bond acceptors (Lipinski definition) is 5. The SMILES string of the molecule is CCCNC(C)c1nnc(NC(C)c2ccc(Cl)cc2)o1. The summed E-state index contributed by atoms with van der Waals surface area (Å²) < 4.78 is 5.64. The van der Waals surface area contributed by atoms with Gasteiger partial charge in [-0.2, -0.15) is 0 Å². The molecule has 1 aromatic carbocycles. The van der Waals surface area contributed by atoms with Gasteiger partial charge < -0.3 is 15.1 Å². The normalized spacial score (nSPS) is 13.9. The number of nitrogens with one attached hydrogen (secondary N) is 2. The third kappa shape index (κ3) is 4.44. The molecule has 1 aromatic heterocycles. The molecule has 0 saturated carbocycles. The van der Waals surface area contributed by atoms with Gasteiger partial charge in [0.05, 0.1) is 12.1 Å². The predicted octanol–water partition coefficient (Wildman–Crippen LogP) is 3.96. The fourth-order valence-electron chi connectivity index (χ4n) is 1.94. The predicted molar refractivity (Wildman–Crippen MR) is 84.5 cm³/mol. The first-order valence-electron chi connectivity index (χ1n) is 7.19. The summed E-state index contributed by atoms with van der Waals surface area (Å²) in [5.41, 5.74) is 1.11. The van der Waals surface area contributed by atoms with Crippen LogP contribution in [0, 0.1) is 0 Å². The lowest BCUT2D eigenvalue weighted by atomic mass is 10.1. The molecule has 2 atom stereocenters. The Labute approximate surface area is 130 Å². The lowest BCUT2D eigenvalue weighted by molar-refractivity contribution is 0.421. The molecule has 2 unspecified atom stereocenters. The summed E-state index contributed by atoms with van der Waals surface area (Å²) in [6.07, 6.45) is 1.07. The fraction of sp³-hybridized carbons (Fsp3) is 0.467. The molecule has 0 amide bonds. The van der Waals surface area contributed by atoms with Gasteiger partial charge in [0.15, 0.2) is 0 Å². The molecule has 5 nitrogen and oxygen atoms in total. The standard InChI is InChI=1S/C15H21ClN4O/c1-4-9-17-11(3)14-19-20-15(21-14)18-10(2)12-5-7-13(16)8-6-12/h5-8,10-11,17H,4,9H2,1-3H3,(H,18,20). The van der Waals surface area contributed by atoms with Crippen molar-refractivity contribution in [3.8, 4) is 0 Å². The monoisotopic (exact) mass is 308 g/mol. The molecule has 0 bridgehead atoms. The third-order valence-corrected chi connectivity index (χ3v) is 3.47. The van der Waals surface area contributed by atoms with Crippen molar-refractivity contribution >= 4 is 17.6 Å². The quantitative estimate of drug-likeness (QED) is 0.810. The van der Waals surface area contributed by atoms with Crippen molar-refractivity contribution in [2.45, 2.75) is 39.3 Å². The van der Waals surface area contributed by atoms with Crippen LogP contribution in [0.15, 0.2) is 28.7 Å². The van der Waals surface area contributed by atoms with Gasteiger partial charge in [-0.15, -0.1) is 5.10 Å². The van der Waals surface area contributed by atoms with Gasteiger partial charge in [0, 0.05) is 5.02 Å². The summed E-state index contributed by atoms with van der Waals surface area (Å²) >= 11 is 5.89. The maximum absolute atomic E-state index is 5.89. The molecule has 0 fully saturated rings. The van der Waals surface area contributed by atoms with Crippen molar-refractivity contribution in [1.82, 2.24) is 15.5 Å². The van der Waals surface area contributed by atoms with Gasteiger partial charge in [-0.25, -0.2) is 0 Å². The van der Waals surface area contributed by atoms with Gasteiger partial charge in [-0.05, 0) is 44.5 Å². The number of nitrogens with zero attached hydrogens (tertiary/aromatic N) is 2. The van der Waals surface area contributed by atoms with Crippen LogP contribution in [0.4, 0.5) is 6.01 Å². The van der Waals surface area contributed by atoms with Crippen molar-refractivity contribution in [3.63, 3.8) is 0 Å². The van der Waals surface area contributed by atoms with Crippen LogP contribution >= 0.6 is 11.6 Å². The lowest BCUT2D eigenvalue weighted by Crippen LogP contribution is -2.19. The van der Waals surface area contributed by atoms with E-state index in [0.29, 0.717) is 11.9 Å². The molecule has 0 aliphatic heterocycles. The minimum Gasteiger partial charge on any atom is -0.406 e. The maximum Gasteiger partial charge on any atom is 0.315 e. The van der Waals surface area contributed by atoms with E-state index in [1.165, 1.54) is 0 Å². The zero-order valence-electron chi connectivity index (χ0n) is 12.6. The highest BCUT2D eigenvalue weighted by Crippen LogP contribution is 2.21. The van der Waals surface area contributed by atoms with Crippen molar-refractivity contribution < 1.29 is 4.42 Å². The van der Waals surface area contributed by atoms with Gasteiger partial charge in [0.1, 0.15) is 0 Å². The number of halogens is 1. The van der Waals surface area contributed by atoms with E-state index in [9.17, 15) is 0 Å². The van der Waals surface area contributed by atoms with Gasteiger partial charge >= 0.3 is 6.01 Å². The van der Waals surface area contributed by atoms with Gasteiger partial charge in [0.2, 0.25) is 5.89 Å². The second kappa shape index (κ2) is 7.43. The third-order valence-electron chi connectivity index (χ3n) is 3.22. The molecule has 0 aliphatic carbocycles. The summed E-state index contributed by atoms with van der Waals surface area (Å²) in [5, 5.41) is 15.3. The van der Waals surface area contributed by atoms with E-state index in [0.717, 1.165) is 23.6 Å². The summed E-state index contributed by atoms with van der Waals surface area (Å²) in [6.45, 7) is 7.09. The highest BCUT2D eigenvalue weighted by atomic mass is 35.5. The van der Waals surface area contributed by atoms with Crippen LogP contribution in [-0.2, 0) is 0 Å².